The minimum Gasteiger partial charge on any atom is -0.374 e. The molecule has 0 aliphatic carbocycles. The van der Waals surface area contributed by atoms with Crippen molar-refractivity contribution >= 4 is 15.7 Å². The van der Waals surface area contributed by atoms with E-state index < -0.39 is 10.0 Å². The number of benzene rings is 2. The van der Waals surface area contributed by atoms with Crippen molar-refractivity contribution in [2.24, 2.45) is 0 Å². The lowest BCUT2D eigenvalue weighted by Crippen LogP contribution is -2.35. The van der Waals surface area contributed by atoms with Crippen LogP contribution in [0.15, 0.2) is 53.4 Å². The summed E-state index contributed by atoms with van der Waals surface area (Å²) in [5, 5.41) is 12.1. The summed E-state index contributed by atoms with van der Waals surface area (Å²) in [5.74, 6) is 0. The highest BCUT2D eigenvalue weighted by atomic mass is 32.2. The van der Waals surface area contributed by atoms with Crippen LogP contribution in [0.2, 0.25) is 0 Å². The molecule has 1 N–H and O–H groups in total. The van der Waals surface area contributed by atoms with Gasteiger partial charge in [0.25, 0.3) is 0 Å². The van der Waals surface area contributed by atoms with Gasteiger partial charge >= 0.3 is 0 Å². The second-order valence-electron chi connectivity index (χ2n) is 7.71. The van der Waals surface area contributed by atoms with Crippen molar-refractivity contribution in [1.82, 2.24) is 9.62 Å². The van der Waals surface area contributed by atoms with E-state index in [0.717, 1.165) is 43.6 Å². The highest BCUT2D eigenvalue weighted by Crippen LogP contribution is 2.21. The Hall–Kier alpha value is -2.40. The van der Waals surface area contributed by atoms with Crippen molar-refractivity contribution in [1.29, 1.82) is 5.26 Å². The van der Waals surface area contributed by atoms with E-state index in [0.29, 0.717) is 31.0 Å². The lowest BCUT2D eigenvalue weighted by molar-refractivity contribution is 0.346. The van der Waals surface area contributed by atoms with Crippen LogP contribution in [-0.4, -0.2) is 39.4 Å². The van der Waals surface area contributed by atoms with E-state index in [1.165, 1.54) is 5.56 Å². The van der Waals surface area contributed by atoms with Crippen molar-refractivity contribution in [2.75, 3.05) is 31.6 Å². The Morgan fingerprint density at radius 3 is 2.10 bits per heavy atom. The highest BCUT2D eigenvalue weighted by Gasteiger charge is 2.25. The molecule has 2 aromatic carbocycles. The van der Waals surface area contributed by atoms with Crippen LogP contribution in [0.4, 0.5) is 5.69 Å². The van der Waals surface area contributed by atoms with Gasteiger partial charge in [-0.2, -0.15) is 9.57 Å². The summed E-state index contributed by atoms with van der Waals surface area (Å²) in [5.41, 5.74) is 3.33. The van der Waals surface area contributed by atoms with Crippen LogP contribution in [0.3, 0.4) is 0 Å². The summed E-state index contributed by atoms with van der Waals surface area (Å²) in [6, 6.07) is 17.7. The van der Waals surface area contributed by atoms with Crippen LogP contribution in [0.1, 0.15) is 36.8 Å². The van der Waals surface area contributed by atoms with Gasteiger partial charge in [-0.3, -0.25) is 0 Å². The number of nitrogens with one attached hydrogen (secondary N) is 1. The summed E-state index contributed by atoms with van der Waals surface area (Å²) in [6.07, 6.45) is 3.51. The molecule has 0 aromatic heterocycles. The fraction of sp³-hybridized carbons (Fsp3) is 0.435. The number of rotatable bonds is 9. The van der Waals surface area contributed by atoms with Crippen molar-refractivity contribution in [3.8, 4) is 6.07 Å². The number of sulfonamides is 1. The van der Waals surface area contributed by atoms with Crippen LogP contribution in [-0.2, 0) is 23.1 Å². The average molecular weight is 427 g/mol. The van der Waals surface area contributed by atoms with Gasteiger partial charge in [0.2, 0.25) is 10.0 Å². The third kappa shape index (κ3) is 5.82. The summed E-state index contributed by atoms with van der Waals surface area (Å²) >= 11 is 0. The minimum absolute atomic E-state index is 0.379. The molecule has 30 heavy (non-hydrogen) atoms. The van der Waals surface area contributed by atoms with Crippen molar-refractivity contribution in [2.45, 2.75) is 43.7 Å². The minimum atomic E-state index is -3.37. The molecule has 7 heteroatoms. The molecule has 0 amide bonds. The Labute approximate surface area is 180 Å². The molecule has 1 aliphatic rings. The van der Waals surface area contributed by atoms with Crippen molar-refractivity contribution in [3.63, 3.8) is 0 Å². The van der Waals surface area contributed by atoms with Crippen LogP contribution in [0.5, 0.6) is 0 Å². The first kappa shape index (κ1) is 22.3. The quantitative estimate of drug-likeness (QED) is 0.664. The summed E-state index contributed by atoms with van der Waals surface area (Å²) in [7, 11) is -1.38. The van der Waals surface area contributed by atoms with Gasteiger partial charge in [-0.1, -0.05) is 30.7 Å². The molecule has 0 spiro atoms. The van der Waals surface area contributed by atoms with Crippen LogP contribution < -0.4 is 10.2 Å². The average Bonchev–Trinajstić information content (AvgIpc) is 2.79. The zero-order valence-electron chi connectivity index (χ0n) is 17.5. The fourth-order valence-electron chi connectivity index (χ4n) is 3.60. The number of hydrogen-bond donors (Lipinski definition) is 1. The summed E-state index contributed by atoms with van der Waals surface area (Å²) in [4.78, 5) is 2.45. The van der Waals surface area contributed by atoms with Gasteiger partial charge < -0.3 is 10.2 Å². The lowest BCUT2D eigenvalue weighted by Gasteiger charge is -2.25. The molecule has 1 heterocycles. The van der Waals surface area contributed by atoms with Gasteiger partial charge in [-0.05, 0) is 48.2 Å². The molecule has 1 aliphatic heterocycles. The molecule has 1 saturated heterocycles. The Morgan fingerprint density at radius 2 is 1.53 bits per heavy atom. The first-order valence-corrected chi connectivity index (χ1v) is 11.9. The van der Waals surface area contributed by atoms with E-state index in [1.807, 2.05) is 19.2 Å². The molecule has 0 saturated carbocycles. The Morgan fingerprint density at radius 1 is 0.967 bits per heavy atom. The van der Waals surface area contributed by atoms with Gasteiger partial charge in [0.15, 0.2) is 0 Å². The fourth-order valence-corrected chi connectivity index (χ4v) is 5.12. The maximum atomic E-state index is 12.7. The highest BCUT2D eigenvalue weighted by molar-refractivity contribution is 7.89. The Kier molecular flexibility index (Phi) is 7.86. The number of nitrogens with zero attached hydrogens (tertiary/aromatic N) is 3. The van der Waals surface area contributed by atoms with E-state index in [9.17, 15) is 8.42 Å². The first-order valence-electron chi connectivity index (χ1n) is 10.5. The van der Waals surface area contributed by atoms with Crippen LogP contribution in [0, 0.1) is 11.3 Å². The van der Waals surface area contributed by atoms with Crippen LogP contribution in [0.25, 0.3) is 0 Å². The normalized spacial score (nSPS) is 14.9. The van der Waals surface area contributed by atoms with Crippen LogP contribution >= 0.6 is 0 Å². The molecule has 0 radical (unpaired) electrons. The van der Waals surface area contributed by atoms with Gasteiger partial charge in [0.05, 0.1) is 17.4 Å². The third-order valence-electron chi connectivity index (χ3n) is 5.47. The maximum Gasteiger partial charge on any atom is 0.243 e. The molecule has 0 bridgehead atoms. The molecule has 6 nitrogen and oxygen atoms in total. The second kappa shape index (κ2) is 10.6. The molecule has 0 atom stereocenters. The van der Waals surface area contributed by atoms with E-state index in [2.05, 4.69) is 40.6 Å². The first-order chi connectivity index (χ1) is 14.5. The third-order valence-corrected chi connectivity index (χ3v) is 7.38. The molecular weight excluding hydrogens is 396 g/mol. The topological polar surface area (TPSA) is 76.4 Å². The molecular formula is C23H30N4O2S. The zero-order valence-corrected chi connectivity index (χ0v) is 18.4. The molecule has 1 fully saturated rings. The predicted octanol–water partition coefficient (Wildman–Crippen LogP) is 3.50. The monoisotopic (exact) mass is 426 g/mol. The maximum absolute atomic E-state index is 12.7. The standard InChI is InChI=1S/C23H30N4O2S/c1-26(15-5-14-24)22-10-6-20(7-11-22)18-25-19-21-8-12-23(13-9-21)30(28,29)27-16-3-2-4-17-27/h6-13,25H,2-5,15-19H2,1H3. The molecule has 0 unspecified atom stereocenters. The van der Waals surface area contributed by atoms with Gasteiger partial charge in [-0.25, -0.2) is 8.42 Å². The van der Waals surface area contributed by atoms with E-state index >= 15 is 0 Å². The molecule has 2 aromatic rings. The van der Waals surface area contributed by atoms with Gasteiger partial charge in [0.1, 0.15) is 0 Å². The summed E-state index contributed by atoms with van der Waals surface area (Å²) < 4.78 is 27.0. The molecule has 160 valence electrons. The SMILES string of the molecule is CN(CCC#N)c1ccc(CNCc2ccc(S(=O)(=O)N3CCCCC3)cc2)cc1. The lowest BCUT2D eigenvalue weighted by atomic mass is 10.2. The number of anilines is 1. The molecule has 3 rings (SSSR count). The Balaban J connectivity index is 1.50. The van der Waals surface area contributed by atoms with Crippen molar-refractivity contribution in [3.05, 3.63) is 59.7 Å². The van der Waals surface area contributed by atoms with E-state index in [4.69, 9.17) is 5.26 Å². The largest absolute Gasteiger partial charge is 0.374 e. The zero-order chi connectivity index (χ0) is 21.4. The second-order valence-corrected chi connectivity index (χ2v) is 9.65. The van der Waals surface area contributed by atoms with E-state index in [-0.39, 0.29) is 0 Å². The summed E-state index contributed by atoms with van der Waals surface area (Å²) in [6.45, 7) is 3.37. The van der Waals surface area contributed by atoms with Gasteiger partial charge in [0, 0.05) is 45.5 Å². The predicted molar refractivity (Wildman–Crippen MR) is 120 cm³/mol. The number of hydrogen-bond acceptors (Lipinski definition) is 5. The van der Waals surface area contributed by atoms with Gasteiger partial charge in [-0.15, -0.1) is 0 Å². The number of nitriles is 1. The smallest absolute Gasteiger partial charge is 0.243 e. The Bertz CT molecular complexity index is 944. The van der Waals surface area contributed by atoms with E-state index in [1.54, 1.807) is 16.4 Å². The van der Waals surface area contributed by atoms with Crippen molar-refractivity contribution < 1.29 is 8.42 Å². The number of piperidine rings is 1.